The maximum atomic E-state index is 2.29. The molecule has 0 bridgehead atoms. The van der Waals surface area contributed by atoms with Crippen LogP contribution in [-0.4, -0.2) is 0 Å². The van der Waals surface area contributed by atoms with E-state index in [-0.39, 0.29) is 0 Å². The average Bonchev–Trinajstić information content (AvgIpc) is 2.39. The van der Waals surface area contributed by atoms with E-state index in [1.54, 1.807) is 5.56 Å². The standard InChI is InChI=1S/C13H18.2C2H6/c1-2-6-11-9-13(10-11)12-7-4-3-5-8-12;2*1-2/h3-5,7-8,11,13H,2,6,9-10H2,1H3;2*1-2H3. The Morgan fingerprint density at radius 3 is 1.94 bits per heavy atom. The van der Waals surface area contributed by atoms with Gasteiger partial charge in [0.1, 0.15) is 0 Å². The van der Waals surface area contributed by atoms with Gasteiger partial charge in [-0.1, -0.05) is 77.8 Å². The number of hydrogen-bond acceptors (Lipinski definition) is 0. The third-order valence-corrected chi connectivity index (χ3v) is 3.20. The third kappa shape index (κ3) is 5.39. The van der Waals surface area contributed by atoms with Gasteiger partial charge in [-0.05, 0) is 30.2 Å². The number of benzene rings is 1. The molecule has 2 rings (SSSR count). The Balaban J connectivity index is 0.000000581. The molecule has 98 valence electrons. The molecule has 1 aromatic carbocycles. The fourth-order valence-corrected chi connectivity index (χ4v) is 2.38. The van der Waals surface area contributed by atoms with Gasteiger partial charge in [0.2, 0.25) is 0 Å². The SMILES string of the molecule is CC.CC.CCCC1CC(c2ccccc2)C1. The highest BCUT2D eigenvalue weighted by Gasteiger charge is 2.28. The highest BCUT2D eigenvalue weighted by Crippen LogP contribution is 2.43. The minimum Gasteiger partial charge on any atom is -0.0683 e. The molecule has 1 aromatic rings. The Kier molecular flexibility index (Phi) is 9.90. The predicted octanol–water partition coefficient (Wildman–Crippen LogP) is 6.03. The molecule has 17 heavy (non-hydrogen) atoms. The van der Waals surface area contributed by atoms with Gasteiger partial charge in [0.15, 0.2) is 0 Å². The van der Waals surface area contributed by atoms with Gasteiger partial charge in [0.05, 0.1) is 0 Å². The summed E-state index contributed by atoms with van der Waals surface area (Å²) < 4.78 is 0. The lowest BCUT2D eigenvalue weighted by atomic mass is 9.70. The lowest BCUT2D eigenvalue weighted by molar-refractivity contribution is 0.246. The second kappa shape index (κ2) is 10.4. The topological polar surface area (TPSA) is 0 Å². The molecule has 1 aliphatic carbocycles. The highest BCUT2D eigenvalue weighted by atomic mass is 14.3. The van der Waals surface area contributed by atoms with E-state index < -0.39 is 0 Å². The summed E-state index contributed by atoms with van der Waals surface area (Å²) in [5.41, 5.74) is 1.55. The summed E-state index contributed by atoms with van der Waals surface area (Å²) in [6.45, 7) is 10.3. The fourth-order valence-electron chi connectivity index (χ4n) is 2.38. The van der Waals surface area contributed by atoms with Crippen molar-refractivity contribution in [3.05, 3.63) is 35.9 Å². The van der Waals surface area contributed by atoms with Gasteiger partial charge < -0.3 is 0 Å². The Morgan fingerprint density at radius 2 is 1.47 bits per heavy atom. The smallest absolute Gasteiger partial charge is 0.0157 e. The van der Waals surface area contributed by atoms with Crippen LogP contribution in [0.25, 0.3) is 0 Å². The van der Waals surface area contributed by atoms with Crippen molar-refractivity contribution in [3.8, 4) is 0 Å². The van der Waals surface area contributed by atoms with E-state index in [9.17, 15) is 0 Å². The van der Waals surface area contributed by atoms with E-state index in [2.05, 4.69) is 37.3 Å². The first kappa shape index (κ1) is 16.2. The van der Waals surface area contributed by atoms with Gasteiger partial charge in [0, 0.05) is 0 Å². The fraction of sp³-hybridized carbons (Fsp3) is 0.647. The quantitative estimate of drug-likeness (QED) is 0.598. The molecule has 0 heteroatoms. The minimum atomic E-state index is 0.873. The Labute approximate surface area is 108 Å². The molecule has 0 aliphatic heterocycles. The molecule has 1 aliphatic rings. The van der Waals surface area contributed by atoms with Crippen LogP contribution in [-0.2, 0) is 0 Å². The van der Waals surface area contributed by atoms with Crippen LogP contribution in [0.5, 0.6) is 0 Å². The van der Waals surface area contributed by atoms with Crippen LogP contribution in [0.2, 0.25) is 0 Å². The van der Waals surface area contributed by atoms with Crippen molar-refractivity contribution in [2.75, 3.05) is 0 Å². The van der Waals surface area contributed by atoms with Crippen molar-refractivity contribution in [1.82, 2.24) is 0 Å². The van der Waals surface area contributed by atoms with Crippen LogP contribution in [0.3, 0.4) is 0 Å². The molecule has 0 N–H and O–H groups in total. The van der Waals surface area contributed by atoms with Crippen LogP contribution in [0, 0.1) is 5.92 Å². The molecular formula is C17H30. The predicted molar refractivity (Wildman–Crippen MR) is 79.5 cm³/mol. The second-order valence-electron chi connectivity index (χ2n) is 4.23. The van der Waals surface area contributed by atoms with Crippen molar-refractivity contribution in [1.29, 1.82) is 0 Å². The van der Waals surface area contributed by atoms with Gasteiger partial charge in [-0.15, -0.1) is 0 Å². The van der Waals surface area contributed by atoms with Gasteiger partial charge in [-0.25, -0.2) is 0 Å². The molecule has 0 radical (unpaired) electrons. The molecule has 0 saturated heterocycles. The van der Waals surface area contributed by atoms with E-state index in [0.717, 1.165) is 11.8 Å². The van der Waals surface area contributed by atoms with E-state index in [4.69, 9.17) is 0 Å². The lowest BCUT2D eigenvalue weighted by Crippen LogP contribution is -2.21. The van der Waals surface area contributed by atoms with Crippen LogP contribution < -0.4 is 0 Å². The van der Waals surface area contributed by atoms with E-state index in [1.807, 2.05) is 27.7 Å². The monoisotopic (exact) mass is 234 g/mol. The molecule has 0 nitrogen and oxygen atoms in total. The van der Waals surface area contributed by atoms with Gasteiger partial charge in [-0.3, -0.25) is 0 Å². The summed E-state index contributed by atoms with van der Waals surface area (Å²) in [6.07, 6.45) is 5.64. The van der Waals surface area contributed by atoms with Crippen molar-refractivity contribution in [2.24, 2.45) is 5.92 Å². The molecular weight excluding hydrogens is 204 g/mol. The summed E-state index contributed by atoms with van der Waals surface area (Å²) in [5, 5.41) is 0. The summed E-state index contributed by atoms with van der Waals surface area (Å²) >= 11 is 0. The zero-order valence-corrected chi connectivity index (χ0v) is 12.4. The van der Waals surface area contributed by atoms with E-state index >= 15 is 0 Å². The molecule has 1 saturated carbocycles. The normalized spacial score (nSPS) is 21.2. The molecule has 0 spiro atoms. The zero-order chi connectivity index (χ0) is 13.1. The van der Waals surface area contributed by atoms with Gasteiger partial charge in [-0.2, -0.15) is 0 Å². The first-order valence-electron chi connectivity index (χ1n) is 7.45. The highest BCUT2D eigenvalue weighted by molar-refractivity contribution is 5.21. The Morgan fingerprint density at radius 1 is 0.941 bits per heavy atom. The van der Waals surface area contributed by atoms with Crippen LogP contribution in [0.15, 0.2) is 30.3 Å². The largest absolute Gasteiger partial charge is 0.0683 e. The summed E-state index contributed by atoms with van der Waals surface area (Å²) in [6, 6.07) is 11.0. The van der Waals surface area contributed by atoms with Crippen molar-refractivity contribution in [2.45, 2.75) is 66.2 Å². The number of rotatable bonds is 3. The van der Waals surface area contributed by atoms with Crippen molar-refractivity contribution >= 4 is 0 Å². The first-order valence-corrected chi connectivity index (χ1v) is 7.45. The maximum absolute atomic E-state index is 2.29. The summed E-state index contributed by atoms with van der Waals surface area (Å²) in [4.78, 5) is 0. The maximum Gasteiger partial charge on any atom is -0.0157 e. The first-order chi connectivity index (χ1) is 8.40. The minimum absolute atomic E-state index is 0.873. The Hall–Kier alpha value is -0.780. The summed E-state index contributed by atoms with van der Waals surface area (Å²) in [7, 11) is 0. The Bertz CT molecular complexity index is 244. The van der Waals surface area contributed by atoms with E-state index in [0.29, 0.717) is 0 Å². The van der Waals surface area contributed by atoms with Crippen molar-refractivity contribution < 1.29 is 0 Å². The molecule has 0 atom stereocenters. The third-order valence-electron chi connectivity index (χ3n) is 3.20. The van der Waals surface area contributed by atoms with Crippen LogP contribution in [0.4, 0.5) is 0 Å². The van der Waals surface area contributed by atoms with Crippen LogP contribution >= 0.6 is 0 Å². The molecule has 1 fully saturated rings. The molecule has 0 unspecified atom stereocenters. The van der Waals surface area contributed by atoms with Gasteiger partial charge >= 0.3 is 0 Å². The van der Waals surface area contributed by atoms with Crippen molar-refractivity contribution in [3.63, 3.8) is 0 Å². The van der Waals surface area contributed by atoms with Gasteiger partial charge in [0.25, 0.3) is 0 Å². The lowest BCUT2D eigenvalue weighted by Gasteiger charge is -2.35. The second-order valence-corrected chi connectivity index (χ2v) is 4.23. The van der Waals surface area contributed by atoms with E-state index in [1.165, 1.54) is 25.7 Å². The molecule has 0 heterocycles. The number of hydrogen-bond donors (Lipinski definition) is 0. The zero-order valence-electron chi connectivity index (χ0n) is 12.4. The van der Waals surface area contributed by atoms with Crippen LogP contribution in [0.1, 0.15) is 71.8 Å². The molecule has 0 aromatic heterocycles. The average molecular weight is 234 g/mol. The summed E-state index contributed by atoms with van der Waals surface area (Å²) in [5.74, 6) is 1.90. The molecule has 0 amide bonds.